The van der Waals surface area contributed by atoms with Crippen LogP contribution in [0.25, 0.3) is 0 Å². The number of carbonyl (C=O) groups excluding carboxylic acids is 3. The van der Waals surface area contributed by atoms with Gasteiger partial charge in [0.1, 0.15) is 17.2 Å². The highest BCUT2D eigenvalue weighted by atomic mass is 33.1. The zero-order chi connectivity index (χ0) is 41.0. The minimum absolute atomic E-state index is 0.268. The lowest BCUT2D eigenvalue weighted by molar-refractivity contribution is 0.237. The van der Waals surface area contributed by atoms with Gasteiger partial charge >= 0.3 is 33.0 Å². The van der Waals surface area contributed by atoms with E-state index in [-0.39, 0.29) is 55.4 Å². The maximum atomic E-state index is 13.5. The zero-order valence-electron chi connectivity index (χ0n) is 31.1. The van der Waals surface area contributed by atoms with Crippen LogP contribution in [-0.2, 0) is 51.1 Å². The van der Waals surface area contributed by atoms with Crippen molar-refractivity contribution in [2.24, 2.45) is 0 Å². The number of hydrogen-bond donors (Lipinski definition) is 0. The van der Waals surface area contributed by atoms with E-state index in [1.54, 1.807) is 21.3 Å². The van der Waals surface area contributed by atoms with Gasteiger partial charge in [-0.15, -0.1) is 0 Å². The summed E-state index contributed by atoms with van der Waals surface area (Å²) in [4.78, 5) is 71.3. The minimum Gasteiger partial charge on any atom is -0.497 e. The third-order valence-electron chi connectivity index (χ3n) is 7.55. The summed E-state index contributed by atoms with van der Waals surface area (Å²) in [6.07, 6.45) is 0. The maximum Gasteiger partial charge on any atom is 0.561 e. The Balaban J connectivity index is 1.34. The molecule has 0 amide bonds. The Labute approximate surface area is 351 Å². The molecule has 0 radical (unpaired) electrons. The summed E-state index contributed by atoms with van der Waals surface area (Å²) in [6, 6.07) is 22.4. The molecule has 0 bridgehead atoms. The maximum absolute atomic E-state index is 13.5. The van der Waals surface area contributed by atoms with Gasteiger partial charge in [-0.25, -0.2) is 28.1 Å². The summed E-state index contributed by atoms with van der Waals surface area (Å²) in [6.45, 7) is -1.73. The van der Waals surface area contributed by atoms with Crippen molar-refractivity contribution in [1.82, 2.24) is 13.7 Å². The van der Waals surface area contributed by atoms with Gasteiger partial charge in [0.05, 0.1) is 73.3 Å². The van der Waals surface area contributed by atoms with E-state index < -0.39 is 17.1 Å². The minimum atomic E-state index is -0.934. The lowest BCUT2D eigenvalue weighted by Crippen LogP contribution is -2.55. The Morgan fingerprint density at radius 3 is 0.930 bits per heavy atom. The van der Waals surface area contributed by atoms with Crippen LogP contribution in [0.2, 0.25) is 0 Å². The number of rotatable bonds is 21. The number of benzene rings is 3. The summed E-state index contributed by atoms with van der Waals surface area (Å²) < 4.78 is 34.0. The van der Waals surface area contributed by atoms with Crippen molar-refractivity contribution in [3.8, 4) is 17.2 Å². The van der Waals surface area contributed by atoms with Gasteiger partial charge in [-0.3, -0.25) is 0 Å². The Kier molecular flexibility index (Phi) is 19.8. The Morgan fingerprint density at radius 2 is 0.702 bits per heavy atom. The molecule has 0 atom stereocenters. The van der Waals surface area contributed by atoms with Gasteiger partial charge in [-0.1, -0.05) is 68.8 Å². The van der Waals surface area contributed by atoms with E-state index in [0.29, 0.717) is 17.3 Å². The number of methoxy groups -OCH3 is 3. The molecule has 0 spiro atoms. The fraction of sp³-hybridized carbons (Fsp3) is 0.333. The molecule has 0 aliphatic carbocycles. The van der Waals surface area contributed by atoms with E-state index in [1.165, 1.54) is 32.4 Å². The SMILES string of the molecule is COc1ccc(CSSC(=[OH+])OCCn2c(=O)n(CCOC(=[OH+])SSCc3ccc(OC)cc3)c(=O)n(CCOC(=[OH+])SSCc3ccc(OC)cc3)c2=O)cc1. The molecule has 4 rings (SSSR count). The lowest BCUT2D eigenvalue weighted by Gasteiger charge is -2.11. The molecule has 0 saturated heterocycles. The van der Waals surface area contributed by atoms with Gasteiger partial charge in [-0.2, -0.15) is 0 Å². The molecule has 3 N–H and O–H groups in total. The average Bonchev–Trinajstić information content (AvgIpc) is 3.22. The van der Waals surface area contributed by atoms with E-state index in [2.05, 4.69) is 0 Å². The number of hydrogen-bond acceptors (Lipinski definition) is 15. The topological polar surface area (TPSA) is 186 Å². The molecule has 306 valence electrons. The van der Waals surface area contributed by atoms with Crippen LogP contribution in [0.15, 0.2) is 87.2 Å². The van der Waals surface area contributed by atoms with E-state index >= 15 is 0 Å². The predicted octanol–water partition coefficient (Wildman–Crippen LogP) is 5.37. The van der Waals surface area contributed by atoms with Crippen molar-refractivity contribution < 1.29 is 42.8 Å². The highest BCUT2D eigenvalue weighted by molar-refractivity contribution is 8.82. The van der Waals surface area contributed by atoms with Crippen LogP contribution in [0, 0.1) is 0 Å². The molecule has 0 fully saturated rings. The van der Waals surface area contributed by atoms with Crippen LogP contribution < -0.4 is 31.3 Å². The first-order chi connectivity index (χ1) is 27.6. The normalized spacial score (nSPS) is 10.8. The van der Waals surface area contributed by atoms with Crippen LogP contribution >= 0.6 is 64.8 Å². The van der Waals surface area contributed by atoms with Gasteiger partial charge in [0.2, 0.25) is 19.8 Å². The molecular formula is C36H42N3O12S6+3. The summed E-state index contributed by atoms with van der Waals surface area (Å²) in [5.74, 6) is 3.86. The molecule has 1 heterocycles. The van der Waals surface area contributed by atoms with Crippen molar-refractivity contribution in [3.05, 3.63) is 121 Å². The largest absolute Gasteiger partial charge is 0.561 e. The van der Waals surface area contributed by atoms with Crippen molar-refractivity contribution in [2.75, 3.05) is 41.2 Å². The summed E-state index contributed by atoms with van der Waals surface area (Å²) in [7, 11) is 11.6. The molecule has 57 heavy (non-hydrogen) atoms. The second-order valence-electron chi connectivity index (χ2n) is 11.2. The smallest absolute Gasteiger partial charge is 0.497 e. The molecule has 3 aromatic carbocycles. The van der Waals surface area contributed by atoms with Crippen molar-refractivity contribution in [2.45, 2.75) is 36.9 Å². The van der Waals surface area contributed by atoms with Crippen LogP contribution in [-0.4, -0.2) is 85.1 Å². The molecule has 0 unspecified atom stereocenters. The van der Waals surface area contributed by atoms with Crippen LogP contribution in [0.5, 0.6) is 17.2 Å². The third kappa shape index (κ3) is 15.3. The molecule has 0 aliphatic rings. The van der Waals surface area contributed by atoms with E-state index in [1.807, 2.05) is 72.8 Å². The summed E-state index contributed by atoms with van der Waals surface area (Å²) >= 11 is 0. The fourth-order valence-corrected chi connectivity index (χ4v) is 9.56. The molecule has 0 saturated carbocycles. The fourth-order valence-electron chi connectivity index (χ4n) is 4.61. The second kappa shape index (κ2) is 24.7. The summed E-state index contributed by atoms with van der Waals surface area (Å²) in [5.41, 5.74) is 0.190. The van der Waals surface area contributed by atoms with Crippen LogP contribution in [0.1, 0.15) is 16.7 Å². The Morgan fingerprint density at radius 1 is 0.456 bits per heavy atom. The van der Waals surface area contributed by atoms with Crippen LogP contribution in [0.3, 0.4) is 0 Å². The molecule has 1 aromatic heterocycles. The van der Waals surface area contributed by atoms with E-state index in [4.69, 9.17) is 28.4 Å². The lowest BCUT2D eigenvalue weighted by atomic mass is 10.2. The van der Waals surface area contributed by atoms with Gasteiger partial charge in [0.15, 0.2) is 0 Å². The number of ether oxygens (including phenoxy) is 6. The average molecular weight is 901 g/mol. The predicted molar refractivity (Wildman–Crippen MR) is 234 cm³/mol. The second-order valence-corrected chi connectivity index (χ2v) is 18.0. The van der Waals surface area contributed by atoms with Gasteiger partial charge in [0, 0.05) is 17.3 Å². The molecular weight excluding hydrogens is 859 g/mol. The quantitative estimate of drug-likeness (QED) is 0.0450. The highest BCUT2D eigenvalue weighted by Gasteiger charge is 2.22. The van der Waals surface area contributed by atoms with Gasteiger partial charge in [0.25, 0.3) is 0 Å². The number of nitrogens with zero attached hydrogens (tertiary/aromatic N) is 3. The van der Waals surface area contributed by atoms with Gasteiger partial charge in [-0.05, 0) is 53.1 Å². The van der Waals surface area contributed by atoms with Crippen molar-refractivity contribution in [3.63, 3.8) is 0 Å². The first kappa shape index (κ1) is 45.7. The Hall–Kier alpha value is -4.02. The molecule has 0 aliphatic heterocycles. The molecule has 21 heteroatoms. The van der Waals surface area contributed by atoms with Gasteiger partial charge < -0.3 is 42.8 Å². The van der Waals surface area contributed by atoms with E-state index in [0.717, 1.165) is 80.0 Å². The number of aromatic nitrogens is 3. The first-order valence-electron chi connectivity index (χ1n) is 16.9. The highest BCUT2D eigenvalue weighted by Crippen LogP contribution is 2.29. The first-order valence-corrected chi connectivity index (χ1v) is 23.8. The third-order valence-corrected chi connectivity index (χ3v) is 13.4. The monoisotopic (exact) mass is 900 g/mol. The molecule has 4 aromatic rings. The summed E-state index contributed by atoms with van der Waals surface area (Å²) in [5, 5.41) is -1.13. The van der Waals surface area contributed by atoms with Crippen molar-refractivity contribution >= 4 is 80.7 Å². The van der Waals surface area contributed by atoms with Crippen LogP contribution in [0.4, 0.5) is 0 Å². The zero-order valence-corrected chi connectivity index (χ0v) is 36.0. The Bertz CT molecular complexity index is 1830. The standard InChI is InChI=1S/C36H39N3O12S6/c1-46-28-10-4-25(5-11-28)22-52-55-34(43)49-19-16-37-31(40)38(17-20-50-35(44)56-53-23-26-6-12-29(47-2)13-7-26)33(42)39(32(37)41)18-21-51-36(45)57-54-24-27-8-14-30(48-3)15-9-27/h4-15H,16-24H2,1-3H3/p+3. The molecule has 15 nitrogen and oxygen atoms in total. The van der Waals surface area contributed by atoms with E-state index in [9.17, 15) is 28.8 Å². The van der Waals surface area contributed by atoms with Crippen molar-refractivity contribution in [1.29, 1.82) is 0 Å².